The molecule has 1 aliphatic rings. The summed E-state index contributed by atoms with van der Waals surface area (Å²) in [5.41, 5.74) is 2.89. The standard InChI is InChI=1S/C30H30N6O7S2/c37-17-23(39)18-43-28(40)19-6-8-24(9-7-19)45(41,42)35-12-2-4-21(16-35)32-29-31-11-10-25(33-29)27-26(20-3-1-5-22(38)15-20)34-30-36(27)13-14-44-30/h1,3,5-11,13-15,21,23,37-39H,2,4,12,16-18H2,(H,31,32,33)/t21-,23-/m1/s1. The number of phenols is 1. The second kappa shape index (κ2) is 12.9. The zero-order chi connectivity index (χ0) is 31.6. The maximum Gasteiger partial charge on any atom is 0.338 e. The van der Waals surface area contributed by atoms with Crippen molar-refractivity contribution in [2.24, 2.45) is 0 Å². The lowest BCUT2D eigenvalue weighted by Crippen LogP contribution is -2.45. The number of carbonyl (C=O) groups excluding carboxylic acids is 1. The minimum absolute atomic E-state index is 0.0355. The number of rotatable bonds is 10. The Morgan fingerprint density at radius 1 is 1.16 bits per heavy atom. The van der Waals surface area contributed by atoms with E-state index in [1.165, 1.54) is 39.9 Å². The number of aromatic hydroxyl groups is 1. The average molecular weight is 651 g/mol. The van der Waals surface area contributed by atoms with Crippen molar-refractivity contribution in [2.75, 3.05) is 31.6 Å². The van der Waals surface area contributed by atoms with Gasteiger partial charge in [-0.15, -0.1) is 11.3 Å². The summed E-state index contributed by atoms with van der Waals surface area (Å²) in [6.45, 7) is -0.389. The molecule has 2 atom stereocenters. The van der Waals surface area contributed by atoms with Crippen molar-refractivity contribution in [2.45, 2.75) is 29.9 Å². The number of aliphatic hydroxyl groups is 2. The first-order valence-electron chi connectivity index (χ1n) is 14.1. The molecule has 3 aromatic heterocycles. The zero-order valence-corrected chi connectivity index (χ0v) is 25.5. The highest BCUT2D eigenvalue weighted by Gasteiger charge is 2.31. The zero-order valence-electron chi connectivity index (χ0n) is 23.9. The largest absolute Gasteiger partial charge is 0.508 e. The molecule has 0 saturated carbocycles. The van der Waals surface area contributed by atoms with Crippen LogP contribution < -0.4 is 5.32 Å². The molecule has 15 heteroatoms. The molecule has 0 bridgehead atoms. The number of sulfonamides is 1. The SMILES string of the molecule is O=C(OC[C@H](O)CO)c1ccc(S(=O)(=O)N2CCC[C@@H](Nc3nccc(-c4c(-c5cccc(O)c5)nc5sccn45)n3)C2)cc1. The van der Waals surface area contributed by atoms with Gasteiger partial charge in [0.25, 0.3) is 0 Å². The molecule has 0 aliphatic carbocycles. The van der Waals surface area contributed by atoms with Gasteiger partial charge in [0.15, 0.2) is 4.96 Å². The van der Waals surface area contributed by atoms with Gasteiger partial charge in [-0.2, -0.15) is 4.31 Å². The quantitative estimate of drug-likeness (QED) is 0.163. The molecule has 0 unspecified atom stereocenters. The number of carbonyl (C=O) groups is 1. The van der Waals surface area contributed by atoms with E-state index in [4.69, 9.17) is 19.8 Å². The van der Waals surface area contributed by atoms with Crippen molar-refractivity contribution in [1.82, 2.24) is 23.7 Å². The first kappa shape index (κ1) is 30.6. The number of nitrogens with one attached hydrogen (secondary N) is 1. The van der Waals surface area contributed by atoms with Crippen LogP contribution in [0, 0.1) is 0 Å². The summed E-state index contributed by atoms with van der Waals surface area (Å²) in [6.07, 6.45) is 3.68. The summed E-state index contributed by atoms with van der Waals surface area (Å²) in [6, 6.07) is 13.8. The number of fused-ring (bicyclic) bond motifs is 1. The van der Waals surface area contributed by atoms with Gasteiger partial charge in [0.2, 0.25) is 16.0 Å². The smallest absolute Gasteiger partial charge is 0.338 e. The molecule has 6 rings (SSSR count). The number of hydrogen-bond acceptors (Lipinski definition) is 12. The van der Waals surface area contributed by atoms with Gasteiger partial charge in [-0.1, -0.05) is 12.1 Å². The maximum atomic E-state index is 13.5. The lowest BCUT2D eigenvalue weighted by atomic mass is 10.1. The molecule has 1 aliphatic heterocycles. The third-order valence-electron chi connectivity index (χ3n) is 7.34. The normalized spacial score (nSPS) is 16.4. The summed E-state index contributed by atoms with van der Waals surface area (Å²) in [4.78, 5) is 26.9. The van der Waals surface area contributed by atoms with Crippen LogP contribution in [0.2, 0.25) is 0 Å². The van der Waals surface area contributed by atoms with Crippen LogP contribution in [0.4, 0.5) is 5.95 Å². The van der Waals surface area contributed by atoms with Crippen molar-refractivity contribution in [3.05, 3.63) is 77.9 Å². The number of ether oxygens (including phenoxy) is 1. The molecule has 4 N–H and O–H groups in total. The van der Waals surface area contributed by atoms with E-state index >= 15 is 0 Å². The molecule has 0 spiro atoms. The number of esters is 1. The fourth-order valence-corrected chi connectivity index (χ4v) is 7.36. The van der Waals surface area contributed by atoms with Gasteiger partial charge in [-0.05, 0) is 55.3 Å². The lowest BCUT2D eigenvalue weighted by molar-refractivity contribution is 0.00932. The minimum atomic E-state index is -3.86. The van der Waals surface area contributed by atoms with Crippen LogP contribution in [0.15, 0.2) is 77.3 Å². The van der Waals surface area contributed by atoms with Crippen molar-refractivity contribution in [3.63, 3.8) is 0 Å². The molecular formula is C30H30N6O7S2. The molecule has 0 amide bonds. The van der Waals surface area contributed by atoms with E-state index < -0.39 is 28.7 Å². The number of piperidine rings is 1. The number of aliphatic hydroxyl groups excluding tert-OH is 2. The molecule has 1 saturated heterocycles. The third-order valence-corrected chi connectivity index (χ3v) is 9.98. The Hall–Kier alpha value is -4.41. The lowest BCUT2D eigenvalue weighted by Gasteiger charge is -2.32. The summed E-state index contributed by atoms with van der Waals surface area (Å²) in [7, 11) is -3.86. The number of nitrogens with zero attached hydrogens (tertiary/aromatic N) is 5. The van der Waals surface area contributed by atoms with Crippen molar-refractivity contribution in [1.29, 1.82) is 0 Å². The Kier molecular flexibility index (Phi) is 8.78. The number of benzene rings is 2. The molecule has 2 aromatic carbocycles. The fourth-order valence-electron chi connectivity index (χ4n) is 5.13. The monoisotopic (exact) mass is 650 g/mol. The van der Waals surface area contributed by atoms with Crippen LogP contribution in [0.25, 0.3) is 27.6 Å². The summed E-state index contributed by atoms with van der Waals surface area (Å²) in [5.74, 6) is -0.260. The highest BCUT2D eigenvalue weighted by molar-refractivity contribution is 7.89. The van der Waals surface area contributed by atoms with Crippen LogP contribution >= 0.6 is 11.3 Å². The van der Waals surface area contributed by atoms with E-state index in [0.717, 1.165) is 16.2 Å². The van der Waals surface area contributed by atoms with Crippen LogP contribution in [-0.4, -0.2) is 91.8 Å². The van der Waals surface area contributed by atoms with Gasteiger partial charge in [-0.3, -0.25) is 4.40 Å². The first-order valence-corrected chi connectivity index (χ1v) is 16.5. The molecule has 5 aromatic rings. The van der Waals surface area contributed by atoms with Crippen molar-refractivity contribution >= 4 is 38.2 Å². The third kappa shape index (κ3) is 6.53. The molecule has 4 heterocycles. The number of imidazole rings is 1. The Labute approximate surface area is 262 Å². The van der Waals surface area contributed by atoms with Gasteiger partial charge >= 0.3 is 5.97 Å². The Morgan fingerprint density at radius 2 is 1.98 bits per heavy atom. The van der Waals surface area contributed by atoms with E-state index in [1.807, 2.05) is 22.0 Å². The molecule has 1 fully saturated rings. The van der Waals surface area contributed by atoms with Gasteiger partial charge in [0.1, 0.15) is 24.2 Å². The summed E-state index contributed by atoms with van der Waals surface area (Å²) in [5, 5.41) is 33.6. The van der Waals surface area contributed by atoms with Gasteiger partial charge in [0.05, 0.1) is 28.5 Å². The summed E-state index contributed by atoms with van der Waals surface area (Å²) >= 11 is 1.48. The van der Waals surface area contributed by atoms with Crippen LogP contribution in [0.3, 0.4) is 0 Å². The van der Waals surface area contributed by atoms with E-state index in [2.05, 4.69) is 10.3 Å². The van der Waals surface area contributed by atoms with Crippen molar-refractivity contribution < 1.29 is 33.3 Å². The fraction of sp³-hybridized carbons (Fsp3) is 0.267. The molecule has 13 nitrogen and oxygen atoms in total. The topological polar surface area (TPSA) is 179 Å². The highest BCUT2D eigenvalue weighted by Crippen LogP contribution is 2.35. The predicted octanol–water partition coefficient (Wildman–Crippen LogP) is 3.00. The second-order valence-corrected chi connectivity index (χ2v) is 13.3. The summed E-state index contributed by atoms with van der Waals surface area (Å²) < 4.78 is 35.2. The Balaban J connectivity index is 1.18. The van der Waals surface area contributed by atoms with Gasteiger partial charge in [0, 0.05) is 42.5 Å². The number of phenolic OH excluding ortho intramolecular Hbond substituents is 1. The Morgan fingerprint density at radius 3 is 2.76 bits per heavy atom. The predicted molar refractivity (Wildman–Crippen MR) is 166 cm³/mol. The molecule has 45 heavy (non-hydrogen) atoms. The Bertz CT molecular complexity index is 1930. The minimum Gasteiger partial charge on any atom is -0.508 e. The second-order valence-electron chi connectivity index (χ2n) is 10.5. The first-order chi connectivity index (χ1) is 21.7. The van der Waals surface area contributed by atoms with E-state index in [0.29, 0.717) is 36.7 Å². The molecule has 0 radical (unpaired) electrons. The van der Waals surface area contributed by atoms with Crippen LogP contribution in [0.5, 0.6) is 5.75 Å². The number of anilines is 1. The van der Waals surface area contributed by atoms with E-state index in [9.17, 15) is 23.4 Å². The number of hydrogen-bond donors (Lipinski definition) is 4. The van der Waals surface area contributed by atoms with E-state index in [-0.39, 0.29) is 35.4 Å². The van der Waals surface area contributed by atoms with Gasteiger partial charge in [-0.25, -0.2) is 28.2 Å². The average Bonchev–Trinajstić information content (AvgIpc) is 3.66. The van der Waals surface area contributed by atoms with Crippen molar-refractivity contribution in [3.8, 4) is 28.4 Å². The number of thiazole rings is 1. The highest BCUT2D eigenvalue weighted by atomic mass is 32.2. The maximum absolute atomic E-state index is 13.5. The van der Waals surface area contributed by atoms with Crippen LogP contribution in [0.1, 0.15) is 23.2 Å². The molecule has 234 valence electrons. The molecular weight excluding hydrogens is 620 g/mol. The number of aromatic nitrogens is 4. The van der Waals surface area contributed by atoms with E-state index in [1.54, 1.807) is 30.5 Å². The van der Waals surface area contributed by atoms with Crippen LogP contribution in [-0.2, 0) is 14.8 Å². The van der Waals surface area contributed by atoms with Gasteiger partial charge < -0.3 is 25.4 Å².